The lowest BCUT2D eigenvalue weighted by Crippen LogP contribution is -2.30. The summed E-state index contributed by atoms with van der Waals surface area (Å²) < 4.78 is 0. The summed E-state index contributed by atoms with van der Waals surface area (Å²) in [6.45, 7) is 2.52. The summed E-state index contributed by atoms with van der Waals surface area (Å²) in [5.41, 5.74) is 2.21. The molecule has 100 valence electrons. The van der Waals surface area contributed by atoms with Crippen molar-refractivity contribution >= 4 is 22.5 Å². The van der Waals surface area contributed by atoms with Gasteiger partial charge in [0, 0.05) is 29.9 Å². The molecule has 0 bridgehead atoms. The second kappa shape index (κ2) is 5.13. The van der Waals surface area contributed by atoms with E-state index in [9.17, 15) is 4.79 Å². The van der Waals surface area contributed by atoms with E-state index in [1.807, 2.05) is 37.3 Å². The van der Waals surface area contributed by atoms with Gasteiger partial charge >= 0.3 is 0 Å². The third-order valence-corrected chi connectivity index (χ3v) is 3.21. The maximum Gasteiger partial charge on any atom is 0.258 e. The number of carbonyl (C=O) groups excluding carboxylic acids is 1. The minimum absolute atomic E-state index is 0.0542. The number of carbonyl (C=O) groups is 1. The molecule has 0 aliphatic heterocycles. The fraction of sp³-hybridized carbons (Fsp3) is 0.133. The molecule has 2 aromatic heterocycles. The number of pyridine rings is 1. The fourth-order valence-corrected chi connectivity index (χ4v) is 2.19. The van der Waals surface area contributed by atoms with Crippen LogP contribution in [0, 0.1) is 0 Å². The summed E-state index contributed by atoms with van der Waals surface area (Å²) in [6, 6.07) is 9.42. The van der Waals surface area contributed by atoms with Crippen molar-refractivity contribution < 1.29 is 4.79 Å². The third-order valence-electron chi connectivity index (χ3n) is 3.21. The van der Waals surface area contributed by atoms with Gasteiger partial charge in [0.2, 0.25) is 0 Å². The van der Waals surface area contributed by atoms with E-state index in [1.54, 1.807) is 23.5 Å². The molecule has 2 heterocycles. The van der Waals surface area contributed by atoms with Crippen molar-refractivity contribution in [3.63, 3.8) is 0 Å². The molecular formula is C15H14N4O. The van der Waals surface area contributed by atoms with E-state index in [0.29, 0.717) is 12.1 Å². The molecule has 0 saturated carbocycles. The number of rotatable bonds is 3. The van der Waals surface area contributed by atoms with Crippen LogP contribution in [0.25, 0.3) is 10.9 Å². The first-order valence-electron chi connectivity index (χ1n) is 6.45. The zero-order chi connectivity index (χ0) is 13.9. The van der Waals surface area contributed by atoms with Gasteiger partial charge < -0.3 is 4.90 Å². The van der Waals surface area contributed by atoms with E-state index >= 15 is 0 Å². The maximum absolute atomic E-state index is 12.6. The van der Waals surface area contributed by atoms with Crippen molar-refractivity contribution in [2.24, 2.45) is 0 Å². The molecule has 1 N–H and O–H groups in total. The SMILES string of the molecule is CCN(C(=O)c1ccc2cccnc2c1)c1cn[nH]c1. The van der Waals surface area contributed by atoms with Gasteiger partial charge in [-0.3, -0.25) is 14.9 Å². The third kappa shape index (κ3) is 2.14. The van der Waals surface area contributed by atoms with Gasteiger partial charge in [-0.15, -0.1) is 0 Å². The Morgan fingerprint density at radius 1 is 1.35 bits per heavy atom. The van der Waals surface area contributed by atoms with Crippen LogP contribution < -0.4 is 4.90 Å². The van der Waals surface area contributed by atoms with Crippen LogP contribution in [0.2, 0.25) is 0 Å². The highest BCUT2D eigenvalue weighted by atomic mass is 16.2. The molecule has 0 fully saturated rings. The van der Waals surface area contributed by atoms with Crippen molar-refractivity contribution in [2.45, 2.75) is 6.92 Å². The van der Waals surface area contributed by atoms with E-state index < -0.39 is 0 Å². The number of nitrogens with one attached hydrogen (secondary N) is 1. The van der Waals surface area contributed by atoms with Gasteiger partial charge in [-0.1, -0.05) is 12.1 Å². The van der Waals surface area contributed by atoms with Gasteiger partial charge in [0.05, 0.1) is 17.4 Å². The maximum atomic E-state index is 12.6. The zero-order valence-electron chi connectivity index (χ0n) is 11.1. The second-order valence-corrected chi connectivity index (χ2v) is 4.42. The number of nitrogens with zero attached hydrogens (tertiary/aromatic N) is 3. The number of hydrogen-bond acceptors (Lipinski definition) is 3. The number of benzene rings is 1. The Morgan fingerprint density at radius 3 is 3.00 bits per heavy atom. The molecule has 0 saturated heterocycles. The molecule has 1 amide bonds. The van der Waals surface area contributed by atoms with Crippen molar-refractivity contribution in [1.82, 2.24) is 15.2 Å². The summed E-state index contributed by atoms with van der Waals surface area (Å²) in [5, 5.41) is 7.63. The Kier molecular flexibility index (Phi) is 3.16. The molecule has 3 rings (SSSR count). The highest BCUT2D eigenvalue weighted by molar-refractivity contribution is 6.07. The first-order chi connectivity index (χ1) is 9.79. The summed E-state index contributed by atoms with van der Waals surface area (Å²) in [6.07, 6.45) is 5.08. The molecule has 0 aliphatic carbocycles. The number of aromatic amines is 1. The Morgan fingerprint density at radius 2 is 2.25 bits per heavy atom. The first-order valence-corrected chi connectivity index (χ1v) is 6.45. The zero-order valence-corrected chi connectivity index (χ0v) is 11.1. The van der Waals surface area contributed by atoms with Crippen LogP contribution in [-0.4, -0.2) is 27.6 Å². The van der Waals surface area contributed by atoms with Crippen LogP contribution in [0.4, 0.5) is 5.69 Å². The molecule has 5 heteroatoms. The molecule has 0 atom stereocenters. The van der Waals surface area contributed by atoms with Crippen LogP contribution in [0.5, 0.6) is 0 Å². The number of anilines is 1. The Labute approximate surface area is 116 Å². The normalized spacial score (nSPS) is 10.7. The predicted molar refractivity (Wildman–Crippen MR) is 77.7 cm³/mol. The van der Waals surface area contributed by atoms with Crippen LogP contribution >= 0.6 is 0 Å². The highest BCUT2D eigenvalue weighted by Crippen LogP contribution is 2.18. The standard InChI is InChI=1S/C15H14N4O/c1-2-19(13-9-17-18-10-13)15(20)12-6-5-11-4-3-7-16-14(11)8-12/h3-10H,2H2,1H3,(H,17,18). The van der Waals surface area contributed by atoms with Crippen molar-refractivity contribution in [1.29, 1.82) is 0 Å². The lowest BCUT2D eigenvalue weighted by atomic mass is 10.1. The van der Waals surface area contributed by atoms with Crippen molar-refractivity contribution in [2.75, 3.05) is 11.4 Å². The van der Waals surface area contributed by atoms with Gasteiger partial charge in [-0.05, 0) is 25.1 Å². The Hall–Kier alpha value is -2.69. The van der Waals surface area contributed by atoms with Crippen molar-refractivity contribution in [3.05, 3.63) is 54.5 Å². The molecule has 5 nitrogen and oxygen atoms in total. The van der Waals surface area contributed by atoms with Gasteiger partial charge in [0.25, 0.3) is 5.91 Å². The van der Waals surface area contributed by atoms with Gasteiger partial charge in [-0.25, -0.2) is 0 Å². The number of fused-ring (bicyclic) bond motifs is 1. The monoisotopic (exact) mass is 266 g/mol. The highest BCUT2D eigenvalue weighted by Gasteiger charge is 2.17. The molecule has 3 aromatic rings. The summed E-state index contributed by atoms with van der Waals surface area (Å²) in [4.78, 5) is 18.5. The average Bonchev–Trinajstić information content (AvgIpc) is 3.01. The molecule has 0 radical (unpaired) electrons. The van der Waals surface area contributed by atoms with Gasteiger partial charge in [0.1, 0.15) is 0 Å². The van der Waals surface area contributed by atoms with Crippen LogP contribution in [-0.2, 0) is 0 Å². The average molecular weight is 266 g/mol. The minimum Gasteiger partial charge on any atom is -0.306 e. The summed E-state index contributed by atoms with van der Waals surface area (Å²) >= 11 is 0. The fourth-order valence-electron chi connectivity index (χ4n) is 2.19. The minimum atomic E-state index is -0.0542. The summed E-state index contributed by atoms with van der Waals surface area (Å²) in [7, 11) is 0. The van der Waals surface area contributed by atoms with E-state index in [1.165, 1.54) is 0 Å². The van der Waals surface area contributed by atoms with E-state index in [-0.39, 0.29) is 5.91 Å². The first kappa shape index (κ1) is 12.3. The number of aromatic nitrogens is 3. The van der Waals surface area contributed by atoms with E-state index in [0.717, 1.165) is 16.6 Å². The number of amides is 1. The van der Waals surface area contributed by atoms with Crippen molar-refractivity contribution in [3.8, 4) is 0 Å². The molecule has 0 aliphatic rings. The molecule has 20 heavy (non-hydrogen) atoms. The van der Waals surface area contributed by atoms with E-state index in [2.05, 4.69) is 15.2 Å². The smallest absolute Gasteiger partial charge is 0.258 e. The Balaban J connectivity index is 1.99. The number of H-pyrrole nitrogens is 1. The van der Waals surface area contributed by atoms with Crippen LogP contribution in [0.15, 0.2) is 48.9 Å². The topological polar surface area (TPSA) is 61.9 Å². The van der Waals surface area contributed by atoms with Gasteiger partial charge in [0.15, 0.2) is 0 Å². The molecular weight excluding hydrogens is 252 g/mol. The largest absolute Gasteiger partial charge is 0.306 e. The van der Waals surface area contributed by atoms with E-state index in [4.69, 9.17) is 0 Å². The molecule has 0 unspecified atom stereocenters. The lowest BCUT2D eigenvalue weighted by molar-refractivity contribution is 0.0988. The molecule has 1 aromatic carbocycles. The van der Waals surface area contributed by atoms with Crippen LogP contribution in [0.1, 0.15) is 17.3 Å². The lowest BCUT2D eigenvalue weighted by Gasteiger charge is -2.18. The Bertz CT molecular complexity index is 736. The summed E-state index contributed by atoms with van der Waals surface area (Å²) in [5.74, 6) is -0.0542. The number of hydrogen-bond donors (Lipinski definition) is 1. The van der Waals surface area contributed by atoms with Crippen LogP contribution in [0.3, 0.4) is 0 Å². The molecule has 0 spiro atoms. The quantitative estimate of drug-likeness (QED) is 0.792. The predicted octanol–water partition coefficient (Wildman–Crippen LogP) is 2.62. The van der Waals surface area contributed by atoms with Gasteiger partial charge in [-0.2, -0.15) is 5.10 Å². The second-order valence-electron chi connectivity index (χ2n) is 4.42.